The standard InChI is InChI=1S/C14H16ClN3O/c1-9-10(2)14(17-16-13(9)15)18(3)11-5-7-12(19-4)8-6-11/h5-8H,1-4H3. The van der Waals surface area contributed by atoms with E-state index < -0.39 is 0 Å². The SMILES string of the molecule is COc1ccc(N(C)c2nnc(Cl)c(C)c2C)cc1. The van der Waals surface area contributed by atoms with E-state index in [1.807, 2.05) is 50.1 Å². The fourth-order valence-electron chi connectivity index (χ4n) is 1.81. The number of nitrogens with zero attached hydrogens (tertiary/aromatic N) is 3. The lowest BCUT2D eigenvalue weighted by Gasteiger charge is -2.21. The van der Waals surface area contributed by atoms with Crippen molar-refractivity contribution in [3.05, 3.63) is 40.5 Å². The van der Waals surface area contributed by atoms with Gasteiger partial charge in [-0.25, -0.2) is 0 Å². The van der Waals surface area contributed by atoms with Gasteiger partial charge in [0.25, 0.3) is 0 Å². The minimum atomic E-state index is 0.449. The molecular weight excluding hydrogens is 262 g/mol. The van der Waals surface area contributed by atoms with Crippen LogP contribution in [0, 0.1) is 13.8 Å². The Balaban J connectivity index is 2.38. The summed E-state index contributed by atoms with van der Waals surface area (Å²) in [7, 11) is 3.60. The quantitative estimate of drug-likeness (QED) is 0.860. The molecule has 100 valence electrons. The average Bonchev–Trinajstić information content (AvgIpc) is 2.44. The molecule has 0 fully saturated rings. The second-order valence-electron chi connectivity index (χ2n) is 4.32. The molecule has 0 spiro atoms. The summed E-state index contributed by atoms with van der Waals surface area (Å²) in [5.74, 6) is 1.62. The molecule has 19 heavy (non-hydrogen) atoms. The predicted octanol–water partition coefficient (Wildman–Crippen LogP) is 3.52. The van der Waals surface area contributed by atoms with Gasteiger partial charge in [0.05, 0.1) is 7.11 Å². The first-order chi connectivity index (χ1) is 9.04. The summed E-state index contributed by atoms with van der Waals surface area (Å²) < 4.78 is 5.15. The van der Waals surface area contributed by atoms with E-state index in [0.717, 1.165) is 28.4 Å². The molecule has 0 aliphatic rings. The zero-order valence-corrected chi connectivity index (χ0v) is 12.2. The molecule has 0 saturated carbocycles. The van der Waals surface area contributed by atoms with E-state index in [1.165, 1.54) is 0 Å². The molecule has 0 aliphatic carbocycles. The average molecular weight is 278 g/mol. The van der Waals surface area contributed by atoms with E-state index in [4.69, 9.17) is 16.3 Å². The van der Waals surface area contributed by atoms with E-state index in [9.17, 15) is 0 Å². The van der Waals surface area contributed by atoms with E-state index in [2.05, 4.69) is 10.2 Å². The molecule has 5 heteroatoms. The summed E-state index contributed by atoms with van der Waals surface area (Å²) in [5, 5.41) is 8.59. The molecule has 0 amide bonds. The summed E-state index contributed by atoms with van der Waals surface area (Å²) in [6.07, 6.45) is 0. The van der Waals surface area contributed by atoms with Crippen LogP contribution < -0.4 is 9.64 Å². The molecule has 0 aliphatic heterocycles. The van der Waals surface area contributed by atoms with Crippen LogP contribution in [-0.2, 0) is 0 Å². The van der Waals surface area contributed by atoms with Crippen LogP contribution in [0.15, 0.2) is 24.3 Å². The van der Waals surface area contributed by atoms with Gasteiger partial charge < -0.3 is 9.64 Å². The number of methoxy groups -OCH3 is 1. The largest absolute Gasteiger partial charge is 0.497 e. The Kier molecular flexibility index (Phi) is 3.90. The first-order valence-electron chi connectivity index (χ1n) is 5.91. The Hall–Kier alpha value is -1.81. The first kappa shape index (κ1) is 13.6. The van der Waals surface area contributed by atoms with Crippen molar-refractivity contribution in [2.75, 3.05) is 19.1 Å². The lowest BCUT2D eigenvalue weighted by molar-refractivity contribution is 0.415. The number of rotatable bonds is 3. The van der Waals surface area contributed by atoms with E-state index in [-0.39, 0.29) is 0 Å². The number of hydrogen-bond acceptors (Lipinski definition) is 4. The maximum absolute atomic E-state index is 5.97. The topological polar surface area (TPSA) is 38.2 Å². The molecule has 1 aromatic heterocycles. The van der Waals surface area contributed by atoms with Crippen LogP contribution in [0.5, 0.6) is 5.75 Å². The Labute approximate surface area is 118 Å². The molecule has 0 atom stereocenters. The lowest BCUT2D eigenvalue weighted by Crippen LogP contribution is -2.14. The molecule has 0 unspecified atom stereocenters. The fourth-order valence-corrected chi connectivity index (χ4v) is 1.99. The maximum Gasteiger partial charge on any atom is 0.158 e. The fraction of sp³-hybridized carbons (Fsp3) is 0.286. The van der Waals surface area contributed by atoms with Crippen molar-refractivity contribution in [1.29, 1.82) is 0 Å². The van der Waals surface area contributed by atoms with Gasteiger partial charge in [-0.15, -0.1) is 10.2 Å². The number of anilines is 2. The zero-order valence-electron chi connectivity index (χ0n) is 11.4. The highest BCUT2D eigenvalue weighted by Gasteiger charge is 2.13. The number of ether oxygens (including phenoxy) is 1. The Morgan fingerprint density at radius 3 is 2.26 bits per heavy atom. The third-order valence-electron chi connectivity index (χ3n) is 3.22. The van der Waals surface area contributed by atoms with Gasteiger partial charge in [0.1, 0.15) is 5.75 Å². The number of hydrogen-bond donors (Lipinski definition) is 0. The van der Waals surface area contributed by atoms with Gasteiger partial charge in [0, 0.05) is 12.7 Å². The zero-order chi connectivity index (χ0) is 14.0. The van der Waals surface area contributed by atoms with Gasteiger partial charge in [-0.2, -0.15) is 0 Å². The maximum atomic E-state index is 5.97. The van der Waals surface area contributed by atoms with Crippen molar-refractivity contribution in [2.45, 2.75) is 13.8 Å². The lowest BCUT2D eigenvalue weighted by atomic mass is 10.2. The van der Waals surface area contributed by atoms with Crippen molar-refractivity contribution in [3.63, 3.8) is 0 Å². The van der Waals surface area contributed by atoms with Crippen LogP contribution in [0.3, 0.4) is 0 Å². The number of aromatic nitrogens is 2. The monoisotopic (exact) mass is 277 g/mol. The normalized spacial score (nSPS) is 10.4. The molecule has 2 rings (SSSR count). The Morgan fingerprint density at radius 1 is 1.05 bits per heavy atom. The molecule has 4 nitrogen and oxygen atoms in total. The summed E-state index contributed by atoms with van der Waals surface area (Å²) >= 11 is 5.97. The molecule has 0 bridgehead atoms. The molecule has 1 aromatic carbocycles. The van der Waals surface area contributed by atoms with Crippen molar-refractivity contribution in [3.8, 4) is 5.75 Å². The van der Waals surface area contributed by atoms with Crippen LogP contribution in [-0.4, -0.2) is 24.4 Å². The molecule has 0 radical (unpaired) electrons. The van der Waals surface area contributed by atoms with Gasteiger partial charge in [-0.3, -0.25) is 0 Å². The van der Waals surface area contributed by atoms with E-state index in [0.29, 0.717) is 5.15 Å². The highest BCUT2D eigenvalue weighted by molar-refractivity contribution is 6.30. The van der Waals surface area contributed by atoms with Crippen molar-refractivity contribution in [1.82, 2.24) is 10.2 Å². The second kappa shape index (κ2) is 5.45. The molecule has 2 aromatic rings. The highest BCUT2D eigenvalue weighted by atomic mass is 35.5. The predicted molar refractivity (Wildman–Crippen MR) is 77.6 cm³/mol. The third-order valence-corrected chi connectivity index (χ3v) is 3.58. The Morgan fingerprint density at radius 2 is 1.68 bits per heavy atom. The van der Waals surface area contributed by atoms with Gasteiger partial charge in [-0.1, -0.05) is 11.6 Å². The van der Waals surface area contributed by atoms with Gasteiger partial charge >= 0.3 is 0 Å². The Bertz CT molecular complexity index is 584. The minimum absolute atomic E-state index is 0.449. The van der Waals surface area contributed by atoms with Crippen LogP contribution in [0.2, 0.25) is 5.15 Å². The first-order valence-corrected chi connectivity index (χ1v) is 6.29. The molecule has 0 saturated heterocycles. The summed E-state index contributed by atoms with van der Waals surface area (Å²) in [4.78, 5) is 1.98. The van der Waals surface area contributed by atoms with Gasteiger partial charge in [0.2, 0.25) is 0 Å². The molecule has 0 N–H and O–H groups in total. The minimum Gasteiger partial charge on any atom is -0.497 e. The van der Waals surface area contributed by atoms with Gasteiger partial charge in [-0.05, 0) is 49.2 Å². The molecule has 1 heterocycles. The summed E-state index contributed by atoms with van der Waals surface area (Å²) in [6.45, 7) is 3.93. The van der Waals surface area contributed by atoms with E-state index in [1.54, 1.807) is 7.11 Å². The van der Waals surface area contributed by atoms with Crippen molar-refractivity contribution < 1.29 is 4.74 Å². The summed E-state index contributed by atoms with van der Waals surface area (Å²) in [5.41, 5.74) is 2.99. The smallest absolute Gasteiger partial charge is 0.158 e. The highest BCUT2D eigenvalue weighted by Crippen LogP contribution is 2.29. The van der Waals surface area contributed by atoms with Crippen LogP contribution in [0.1, 0.15) is 11.1 Å². The van der Waals surface area contributed by atoms with Crippen molar-refractivity contribution in [2.24, 2.45) is 0 Å². The number of halogens is 1. The summed E-state index contributed by atoms with van der Waals surface area (Å²) in [6, 6.07) is 7.78. The second-order valence-corrected chi connectivity index (χ2v) is 4.68. The third kappa shape index (κ3) is 2.63. The van der Waals surface area contributed by atoms with Gasteiger partial charge in [0.15, 0.2) is 11.0 Å². The van der Waals surface area contributed by atoms with Crippen LogP contribution in [0.4, 0.5) is 11.5 Å². The molecular formula is C14H16ClN3O. The van der Waals surface area contributed by atoms with Crippen molar-refractivity contribution >= 4 is 23.1 Å². The van der Waals surface area contributed by atoms with E-state index >= 15 is 0 Å². The number of benzene rings is 1. The van der Waals surface area contributed by atoms with Crippen LogP contribution >= 0.6 is 11.6 Å². The van der Waals surface area contributed by atoms with Crippen LogP contribution in [0.25, 0.3) is 0 Å².